The predicted molar refractivity (Wildman–Crippen MR) is 70.3 cm³/mol. The molecule has 120 valence electrons. The number of hydrogen-bond donors (Lipinski definition) is 0. The maximum absolute atomic E-state index is 12.8. The van der Waals surface area contributed by atoms with E-state index in [-0.39, 0.29) is 64.2 Å². The van der Waals surface area contributed by atoms with Gasteiger partial charge < -0.3 is 22.4 Å². The van der Waals surface area contributed by atoms with E-state index in [0.717, 1.165) is 7.11 Å². The van der Waals surface area contributed by atoms with Gasteiger partial charge in [-0.2, -0.15) is 0 Å². The summed E-state index contributed by atoms with van der Waals surface area (Å²) in [5.41, 5.74) is -1.70. The van der Waals surface area contributed by atoms with E-state index >= 15 is 0 Å². The quantitative estimate of drug-likeness (QED) is 0.514. The molecule has 0 N–H and O–H groups in total. The molecule has 10 heteroatoms. The van der Waals surface area contributed by atoms with Crippen molar-refractivity contribution in [1.29, 1.82) is 0 Å². The first-order valence-corrected chi connectivity index (χ1v) is 6.45. The van der Waals surface area contributed by atoms with Crippen molar-refractivity contribution < 1.29 is 83.4 Å². The van der Waals surface area contributed by atoms with Crippen molar-refractivity contribution >= 4 is 19.0 Å². The average Bonchev–Trinajstić information content (AvgIpc) is 2.34. The second-order valence-corrected chi connectivity index (χ2v) is 5.74. The van der Waals surface area contributed by atoms with Crippen LogP contribution in [-0.2, 0) is 14.3 Å². The Morgan fingerprint density at radius 2 is 1.86 bits per heavy atom. The molecule has 0 fully saturated rings. The first kappa shape index (κ1) is 22.0. The van der Waals surface area contributed by atoms with Crippen molar-refractivity contribution in [2.45, 2.75) is 45.3 Å². The summed E-state index contributed by atoms with van der Waals surface area (Å²) in [6.07, 6.45) is -0.837. The van der Waals surface area contributed by atoms with E-state index in [9.17, 15) is 22.5 Å². The van der Waals surface area contributed by atoms with Crippen LogP contribution < -0.4 is 51.4 Å². The Morgan fingerprint density at radius 1 is 1.32 bits per heavy atom. The first-order chi connectivity index (χ1) is 9.45. The van der Waals surface area contributed by atoms with E-state index in [4.69, 9.17) is 4.74 Å². The smallest absolute Gasteiger partial charge is 0.467 e. The van der Waals surface area contributed by atoms with Gasteiger partial charge in [-0.05, 0) is 33.4 Å². The Balaban J connectivity index is 0.00000441. The average molecular weight is 347 g/mol. The molecule has 1 aliphatic heterocycles. The molecule has 1 rings (SSSR count). The van der Waals surface area contributed by atoms with Gasteiger partial charge in [0.05, 0.1) is 7.11 Å². The minimum Gasteiger partial charge on any atom is -0.467 e. The second kappa shape index (κ2) is 8.18. The minimum absolute atomic E-state index is 0. The SMILES string of the molecule is COC(=O)C1CCC([B-](F)(F)F)=CN1C(=O)OC(C)(C)C.[K+]. The summed E-state index contributed by atoms with van der Waals surface area (Å²) < 4.78 is 48.0. The Bertz CT molecular complexity index is 462. The molecule has 1 amide bonds. The van der Waals surface area contributed by atoms with Crippen LogP contribution in [0.15, 0.2) is 11.7 Å². The second-order valence-electron chi connectivity index (χ2n) is 5.74. The van der Waals surface area contributed by atoms with Crippen molar-refractivity contribution in [2.24, 2.45) is 0 Å². The van der Waals surface area contributed by atoms with E-state index in [1.165, 1.54) is 0 Å². The normalized spacial score (nSPS) is 19.0. The van der Waals surface area contributed by atoms with Gasteiger partial charge in [0.2, 0.25) is 0 Å². The van der Waals surface area contributed by atoms with Gasteiger partial charge in [-0.3, -0.25) is 4.90 Å². The number of hydrogen-bond acceptors (Lipinski definition) is 4. The molecule has 0 aliphatic carbocycles. The Morgan fingerprint density at radius 3 is 2.27 bits per heavy atom. The summed E-state index contributed by atoms with van der Waals surface area (Å²) in [4.78, 5) is 24.3. The molecule has 5 nitrogen and oxygen atoms in total. The summed E-state index contributed by atoms with van der Waals surface area (Å²) in [5, 5.41) is 0. The maximum atomic E-state index is 12.8. The Kier molecular flexibility index (Phi) is 8.17. The molecule has 1 unspecified atom stereocenters. The van der Waals surface area contributed by atoms with E-state index < -0.39 is 36.2 Å². The fourth-order valence-corrected chi connectivity index (χ4v) is 1.89. The molecule has 0 spiro atoms. The largest absolute Gasteiger partial charge is 1.00 e. The maximum Gasteiger partial charge on any atom is 1.00 e. The summed E-state index contributed by atoms with van der Waals surface area (Å²) in [7, 11) is 1.11. The third-order valence-electron chi connectivity index (χ3n) is 2.85. The van der Waals surface area contributed by atoms with Gasteiger partial charge in [0.1, 0.15) is 11.6 Å². The number of esters is 1. The molecule has 0 aromatic heterocycles. The van der Waals surface area contributed by atoms with E-state index in [2.05, 4.69) is 4.74 Å². The van der Waals surface area contributed by atoms with Crippen molar-refractivity contribution in [2.75, 3.05) is 7.11 Å². The molecule has 1 heterocycles. The standard InChI is InChI=1S/C12H18BF3NO4.K/c1-12(2,3)21-11(19)17-7-8(13(14,15)16)5-6-9(17)10(18)20-4;/h7,9H,5-6H2,1-4H3;/q-1;+1. The number of nitrogens with zero attached hydrogens (tertiary/aromatic N) is 1. The van der Waals surface area contributed by atoms with Crippen molar-refractivity contribution in [3.8, 4) is 0 Å². The number of halogens is 3. The summed E-state index contributed by atoms with van der Waals surface area (Å²) in [6.45, 7) is -0.462. The number of methoxy groups -OCH3 is 1. The fourth-order valence-electron chi connectivity index (χ4n) is 1.89. The van der Waals surface area contributed by atoms with Gasteiger partial charge in [-0.15, -0.1) is 5.47 Å². The summed E-state index contributed by atoms with van der Waals surface area (Å²) >= 11 is 0. The molecule has 1 aliphatic rings. The van der Waals surface area contributed by atoms with Gasteiger partial charge in [0.15, 0.2) is 0 Å². The van der Waals surface area contributed by atoms with Crippen LogP contribution in [-0.4, -0.2) is 42.7 Å². The van der Waals surface area contributed by atoms with Crippen LogP contribution in [0.5, 0.6) is 0 Å². The van der Waals surface area contributed by atoms with Crippen LogP contribution in [0.4, 0.5) is 17.7 Å². The van der Waals surface area contributed by atoms with E-state index in [1.807, 2.05) is 0 Å². The van der Waals surface area contributed by atoms with Crippen molar-refractivity contribution in [1.82, 2.24) is 4.90 Å². The van der Waals surface area contributed by atoms with Crippen molar-refractivity contribution in [3.63, 3.8) is 0 Å². The van der Waals surface area contributed by atoms with E-state index in [0.29, 0.717) is 11.1 Å². The van der Waals surface area contributed by atoms with Crippen LogP contribution in [0.3, 0.4) is 0 Å². The third-order valence-corrected chi connectivity index (χ3v) is 2.85. The number of amides is 1. The topological polar surface area (TPSA) is 55.8 Å². The molecule has 0 saturated heterocycles. The number of carbonyl (C=O) groups is 2. The number of carbonyl (C=O) groups excluding carboxylic acids is 2. The van der Waals surface area contributed by atoms with E-state index in [1.54, 1.807) is 20.8 Å². The van der Waals surface area contributed by atoms with Crippen LogP contribution in [0.25, 0.3) is 0 Å². The number of ether oxygens (including phenoxy) is 2. The molecule has 0 radical (unpaired) electrons. The zero-order valence-corrected chi connectivity index (χ0v) is 16.5. The van der Waals surface area contributed by atoms with Gasteiger partial charge in [0.25, 0.3) is 0 Å². The van der Waals surface area contributed by atoms with Gasteiger partial charge >= 0.3 is 70.4 Å². The summed E-state index contributed by atoms with van der Waals surface area (Å²) in [5.74, 6) is -0.772. The Labute approximate surface area is 170 Å². The van der Waals surface area contributed by atoms with Crippen LogP contribution >= 0.6 is 0 Å². The van der Waals surface area contributed by atoms with Gasteiger partial charge in [-0.25, -0.2) is 9.59 Å². The van der Waals surface area contributed by atoms with Crippen LogP contribution in [0, 0.1) is 0 Å². The molecule has 0 bridgehead atoms. The zero-order chi connectivity index (χ0) is 16.4. The molecule has 1 atom stereocenters. The zero-order valence-electron chi connectivity index (χ0n) is 13.4. The first-order valence-electron chi connectivity index (χ1n) is 6.45. The number of allylic oxidation sites excluding steroid dienone is 1. The third kappa shape index (κ3) is 6.23. The molecule has 0 aromatic rings. The monoisotopic (exact) mass is 347 g/mol. The predicted octanol–water partition coefficient (Wildman–Crippen LogP) is -0.167. The van der Waals surface area contributed by atoms with Crippen LogP contribution in [0.1, 0.15) is 33.6 Å². The fraction of sp³-hybridized carbons (Fsp3) is 0.667. The summed E-state index contributed by atoms with van der Waals surface area (Å²) in [6, 6.07) is -1.10. The molecule has 22 heavy (non-hydrogen) atoms. The van der Waals surface area contributed by atoms with Crippen LogP contribution in [0.2, 0.25) is 0 Å². The van der Waals surface area contributed by atoms with Crippen molar-refractivity contribution in [3.05, 3.63) is 11.7 Å². The number of rotatable bonds is 2. The molecule has 0 aromatic carbocycles. The molecule has 0 saturated carbocycles. The minimum atomic E-state index is -5.21. The molecular formula is C12H18BF3KNO4. The van der Waals surface area contributed by atoms with Gasteiger partial charge in [-0.1, -0.05) is 6.42 Å². The van der Waals surface area contributed by atoms with Gasteiger partial charge in [0, 0.05) is 0 Å². The Hall–Kier alpha value is -0.0287. The molecular weight excluding hydrogens is 329 g/mol.